The third kappa shape index (κ3) is 2.20. The fourth-order valence-corrected chi connectivity index (χ4v) is 2.82. The van der Waals surface area contributed by atoms with Gasteiger partial charge in [0.25, 0.3) is 0 Å². The molecule has 0 aromatic heterocycles. The highest BCUT2D eigenvalue weighted by molar-refractivity contribution is 5.93. The minimum absolute atomic E-state index is 0.0762. The fraction of sp³-hybridized carbons (Fsp3) is 0.533. The van der Waals surface area contributed by atoms with Crippen molar-refractivity contribution in [3.63, 3.8) is 0 Å². The summed E-state index contributed by atoms with van der Waals surface area (Å²) in [5, 5.41) is 2.67. The Morgan fingerprint density at radius 1 is 1.37 bits per heavy atom. The monoisotopic (exact) mass is 265 g/mol. The molecule has 1 aromatic carbocycles. The molecule has 1 unspecified atom stereocenters. The third-order valence-corrected chi connectivity index (χ3v) is 4.09. The Morgan fingerprint density at radius 2 is 1.95 bits per heavy atom. The standard InChI is InChI=1S/C15H20FNO2/c1-14(2)10-15(14,13(18)17-9-8-16)11-4-6-12(19-3)7-5-11/h4-7H,8-10H2,1-3H3,(H,17,18). The maximum absolute atomic E-state index is 12.3. The van der Waals surface area contributed by atoms with E-state index >= 15 is 0 Å². The predicted octanol–water partition coefficient (Wildman–Crippen LogP) is 2.45. The first-order valence-corrected chi connectivity index (χ1v) is 6.47. The van der Waals surface area contributed by atoms with Crippen LogP contribution in [0, 0.1) is 5.41 Å². The number of rotatable bonds is 5. The highest BCUT2D eigenvalue weighted by Crippen LogP contribution is 2.64. The Morgan fingerprint density at radius 3 is 2.37 bits per heavy atom. The second kappa shape index (κ2) is 4.83. The summed E-state index contributed by atoms with van der Waals surface area (Å²) >= 11 is 0. The van der Waals surface area contributed by atoms with E-state index in [1.165, 1.54) is 0 Å². The van der Waals surface area contributed by atoms with E-state index in [9.17, 15) is 9.18 Å². The van der Waals surface area contributed by atoms with Crippen molar-refractivity contribution in [1.82, 2.24) is 5.32 Å². The molecule has 1 saturated carbocycles. The van der Waals surface area contributed by atoms with E-state index < -0.39 is 12.1 Å². The summed E-state index contributed by atoms with van der Waals surface area (Å²) in [4.78, 5) is 12.3. The molecule has 0 saturated heterocycles. The van der Waals surface area contributed by atoms with Crippen molar-refractivity contribution in [3.05, 3.63) is 29.8 Å². The maximum Gasteiger partial charge on any atom is 0.231 e. The Kier molecular flexibility index (Phi) is 3.52. The molecule has 1 amide bonds. The lowest BCUT2D eigenvalue weighted by Crippen LogP contribution is -2.38. The molecule has 1 aliphatic carbocycles. The zero-order chi connectivity index (χ0) is 14.1. The van der Waals surface area contributed by atoms with E-state index in [2.05, 4.69) is 19.2 Å². The zero-order valence-electron chi connectivity index (χ0n) is 11.6. The number of halogens is 1. The number of nitrogens with one attached hydrogen (secondary N) is 1. The molecule has 0 spiro atoms. The molecule has 19 heavy (non-hydrogen) atoms. The van der Waals surface area contributed by atoms with Gasteiger partial charge in [-0.15, -0.1) is 0 Å². The van der Waals surface area contributed by atoms with Crippen LogP contribution in [-0.4, -0.2) is 26.2 Å². The van der Waals surface area contributed by atoms with Crippen molar-refractivity contribution >= 4 is 5.91 Å². The molecule has 0 aliphatic heterocycles. The van der Waals surface area contributed by atoms with Gasteiger partial charge in [0.2, 0.25) is 5.91 Å². The highest BCUT2D eigenvalue weighted by atomic mass is 19.1. The Bertz CT molecular complexity index is 470. The van der Waals surface area contributed by atoms with Gasteiger partial charge < -0.3 is 10.1 Å². The number of carbonyl (C=O) groups excluding carboxylic acids is 1. The molecule has 3 nitrogen and oxygen atoms in total. The van der Waals surface area contributed by atoms with Crippen LogP contribution in [0.1, 0.15) is 25.8 Å². The van der Waals surface area contributed by atoms with Crippen molar-refractivity contribution in [2.24, 2.45) is 5.41 Å². The number of methoxy groups -OCH3 is 1. The van der Waals surface area contributed by atoms with Gasteiger partial charge in [0, 0.05) is 6.54 Å². The van der Waals surface area contributed by atoms with E-state index in [0.717, 1.165) is 17.7 Å². The second-order valence-corrected chi connectivity index (χ2v) is 5.64. The Hall–Kier alpha value is -1.58. The normalized spacial score (nSPS) is 23.8. The van der Waals surface area contributed by atoms with Crippen LogP contribution in [0.15, 0.2) is 24.3 Å². The smallest absolute Gasteiger partial charge is 0.231 e. The topological polar surface area (TPSA) is 38.3 Å². The van der Waals surface area contributed by atoms with Crippen molar-refractivity contribution in [2.45, 2.75) is 25.7 Å². The number of hydrogen-bond donors (Lipinski definition) is 1. The molecule has 1 atom stereocenters. The van der Waals surface area contributed by atoms with Gasteiger partial charge in [-0.05, 0) is 29.5 Å². The predicted molar refractivity (Wildman–Crippen MR) is 72.1 cm³/mol. The Labute approximate surface area is 113 Å². The molecule has 2 rings (SSSR count). The van der Waals surface area contributed by atoms with Crippen LogP contribution in [0.3, 0.4) is 0 Å². The largest absolute Gasteiger partial charge is 0.497 e. The number of benzene rings is 1. The molecule has 1 aromatic rings. The maximum atomic E-state index is 12.3. The molecule has 1 aliphatic rings. The summed E-state index contributed by atoms with van der Waals surface area (Å²) < 4.78 is 17.4. The molecule has 4 heteroatoms. The molecule has 1 N–H and O–H groups in total. The lowest BCUT2D eigenvalue weighted by Gasteiger charge is -2.20. The van der Waals surface area contributed by atoms with Crippen LogP contribution >= 0.6 is 0 Å². The lowest BCUT2D eigenvalue weighted by atomic mass is 9.87. The second-order valence-electron chi connectivity index (χ2n) is 5.64. The first-order chi connectivity index (χ1) is 8.98. The molecule has 0 radical (unpaired) electrons. The first kappa shape index (κ1) is 13.8. The number of carbonyl (C=O) groups is 1. The van der Waals surface area contributed by atoms with Crippen LogP contribution in [0.2, 0.25) is 0 Å². The van der Waals surface area contributed by atoms with E-state index in [1.807, 2.05) is 24.3 Å². The van der Waals surface area contributed by atoms with Crippen molar-refractivity contribution in [2.75, 3.05) is 20.3 Å². The summed E-state index contributed by atoms with van der Waals surface area (Å²) in [5.74, 6) is 0.682. The molecule has 0 bridgehead atoms. The van der Waals surface area contributed by atoms with Crippen LogP contribution < -0.4 is 10.1 Å². The van der Waals surface area contributed by atoms with Gasteiger partial charge in [-0.2, -0.15) is 0 Å². The van der Waals surface area contributed by atoms with Gasteiger partial charge in [0.1, 0.15) is 12.4 Å². The fourth-order valence-electron chi connectivity index (χ4n) is 2.82. The van der Waals surface area contributed by atoms with Crippen molar-refractivity contribution < 1.29 is 13.9 Å². The molecular formula is C15H20FNO2. The van der Waals surface area contributed by atoms with Crippen LogP contribution in [0.5, 0.6) is 5.75 Å². The average Bonchev–Trinajstić information content (AvgIpc) is 3.00. The summed E-state index contributed by atoms with van der Waals surface area (Å²) in [5.41, 5.74) is 0.339. The summed E-state index contributed by atoms with van der Waals surface area (Å²) in [7, 11) is 1.61. The number of ether oxygens (including phenoxy) is 1. The SMILES string of the molecule is COc1ccc(C2(C(=O)NCCF)CC2(C)C)cc1. The van der Waals surface area contributed by atoms with Crippen molar-refractivity contribution in [1.29, 1.82) is 0 Å². The molecule has 0 heterocycles. The van der Waals surface area contributed by atoms with E-state index in [1.54, 1.807) is 7.11 Å². The Balaban J connectivity index is 2.27. The van der Waals surface area contributed by atoms with Gasteiger partial charge in [-0.25, -0.2) is 4.39 Å². The molecule has 104 valence electrons. The summed E-state index contributed by atoms with van der Waals surface area (Å²) in [6.07, 6.45) is 0.782. The first-order valence-electron chi connectivity index (χ1n) is 6.47. The number of hydrogen-bond acceptors (Lipinski definition) is 2. The van der Waals surface area contributed by atoms with Crippen LogP contribution in [0.4, 0.5) is 4.39 Å². The number of amides is 1. The summed E-state index contributed by atoms with van der Waals surface area (Å²) in [6.45, 7) is 3.66. The van der Waals surface area contributed by atoms with E-state index in [4.69, 9.17) is 4.74 Å². The summed E-state index contributed by atoms with van der Waals surface area (Å²) in [6, 6.07) is 7.55. The quantitative estimate of drug-likeness (QED) is 0.888. The van der Waals surface area contributed by atoms with Crippen LogP contribution in [-0.2, 0) is 10.2 Å². The van der Waals surface area contributed by atoms with Gasteiger partial charge in [-0.3, -0.25) is 4.79 Å². The average molecular weight is 265 g/mol. The third-order valence-electron chi connectivity index (χ3n) is 4.09. The van der Waals surface area contributed by atoms with Crippen molar-refractivity contribution in [3.8, 4) is 5.75 Å². The van der Waals surface area contributed by atoms with Crippen LogP contribution in [0.25, 0.3) is 0 Å². The molecule has 1 fully saturated rings. The highest BCUT2D eigenvalue weighted by Gasteiger charge is 2.66. The molecular weight excluding hydrogens is 245 g/mol. The zero-order valence-corrected chi connectivity index (χ0v) is 11.6. The van der Waals surface area contributed by atoms with Gasteiger partial charge in [0.05, 0.1) is 12.5 Å². The van der Waals surface area contributed by atoms with E-state index in [0.29, 0.717) is 0 Å². The number of alkyl halides is 1. The van der Waals surface area contributed by atoms with Gasteiger partial charge >= 0.3 is 0 Å². The van der Waals surface area contributed by atoms with Gasteiger partial charge in [0.15, 0.2) is 0 Å². The minimum atomic E-state index is -0.537. The van der Waals surface area contributed by atoms with Gasteiger partial charge in [-0.1, -0.05) is 26.0 Å². The minimum Gasteiger partial charge on any atom is -0.497 e. The lowest BCUT2D eigenvalue weighted by molar-refractivity contribution is -0.124. The van der Waals surface area contributed by atoms with E-state index in [-0.39, 0.29) is 17.9 Å².